The Balaban J connectivity index is 1.54. The van der Waals surface area contributed by atoms with Crippen molar-refractivity contribution >= 4 is 29.1 Å². The average molecular weight is 419 g/mol. The third kappa shape index (κ3) is 4.30. The predicted molar refractivity (Wildman–Crippen MR) is 118 cm³/mol. The first-order valence-electron chi connectivity index (χ1n) is 10.5. The lowest BCUT2D eigenvalue weighted by molar-refractivity contribution is -0.139. The highest BCUT2D eigenvalue weighted by molar-refractivity contribution is 6.07. The lowest BCUT2D eigenvalue weighted by Crippen LogP contribution is -2.59. The van der Waals surface area contributed by atoms with Crippen LogP contribution in [0.15, 0.2) is 60.7 Å². The quantitative estimate of drug-likeness (QED) is 0.699. The summed E-state index contributed by atoms with van der Waals surface area (Å²) in [6.45, 7) is 2.57. The van der Waals surface area contributed by atoms with Gasteiger partial charge in [0.05, 0.1) is 29.8 Å². The van der Waals surface area contributed by atoms with Crippen LogP contribution in [0.5, 0.6) is 5.75 Å². The fourth-order valence-corrected chi connectivity index (χ4v) is 3.87. The number of nitrogens with zero attached hydrogens (tertiary/aromatic N) is 1. The fourth-order valence-electron chi connectivity index (χ4n) is 3.87. The molecule has 2 unspecified atom stereocenters. The second-order valence-electron chi connectivity index (χ2n) is 7.65. The highest BCUT2D eigenvalue weighted by Crippen LogP contribution is 2.32. The van der Waals surface area contributed by atoms with Crippen LogP contribution in [-0.4, -0.2) is 24.3 Å². The second-order valence-corrected chi connectivity index (χ2v) is 7.65. The summed E-state index contributed by atoms with van der Waals surface area (Å²) >= 11 is 0. The maximum atomic E-state index is 13.0. The Morgan fingerprint density at radius 3 is 2.68 bits per heavy atom. The molecule has 0 saturated carbocycles. The standard InChI is InChI=1S/C24H25N3O4/c1-2-14-31-21-13-6-5-12-20(21)25-22(28)16-8-7-9-17(15-16)27-24(30)19-11-4-3-10-18(19)23(29)26-27/h3-9,12-13,15,18-19H,2,10-11,14H2,1H3,(H,25,28)(H,26,29). The molecule has 1 aliphatic heterocycles. The smallest absolute Gasteiger partial charge is 0.255 e. The van der Waals surface area contributed by atoms with Crippen LogP contribution >= 0.6 is 0 Å². The number of ether oxygens (including phenoxy) is 1. The number of carbonyl (C=O) groups excluding carboxylic acids is 3. The van der Waals surface area contributed by atoms with Gasteiger partial charge in [0.15, 0.2) is 0 Å². The van der Waals surface area contributed by atoms with Crippen molar-refractivity contribution in [1.29, 1.82) is 0 Å². The minimum absolute atomic E-state index is 0.162. The predicted octanol–water partition coefficient (Wildman–Crippen LogP) is 3.69. The zero-order valence-corrected chi connectivity index (χ0v) is 17.3. The van der Waals surface area contributed by atoms with Crippen LogP contribution in [0.2, 0.25) is 0 Å². The summed E-state index contributed by atoms with van der Waals surface area (Å²) in [6.07, 6.45) is 5.85. The molecule has 1 heterocycles. The van der Waals surface area contributed by atoms with E-state index >= 15 is 0 Å². The van der Waals surface area contributed by atoms with Gasteiger partial charge < -0.3 is 10.1 Å². The van der Waals surface area contributed by atoms with Crippen molar-refractivity contribution in [2.75, 3.05) is 16.9 Å². The monoisotopic (exact) mass is 419 g/mol. The fraction of sp³-hybridized carbons (Fsp3) is 0.292. The SMILES string of the molecule is CCCOc1ccccc1NC(=O)c1cccc(N2NC(=O)C3CC=CCC3C2=O)c1. The van der Waals surface area contributed by atoms with Gasteiger partial charge in [-0.15, -0.1) is 0 Å². The van der Waals surface area contributed by atoms with Crippen molar-refractivity contribution in [1.82, 2.24) is 5.43 Å². The third-order valence-corrected chi connectivity index (χ3v) is 5.49. The number of allylic oxidation sites excluding steroid dienone is 2. The molecule has 2 N–H and O–H groups in total. The minimum atomic E-state index is -0.376. The summed E-state index contributed by atoms with van der Waals surface area (Å²) in [6, 6.07) is 13.9. The maximum Gasteiger partial charge on any atom is 0.255 e. The summed E-state index contributed by atoms with van der Waals surface area (Å²) in [5.41, 5.74) is 4.09. The molecule has 7 heteroatoms. The molecule has 31 heavy (non-hydrogen) atoms. The van der Waals surface area contributed by atoms with Gasteiger partial charge in [-0.3, -0.25) is 19.8 Å². The molecule has 160 valence electrons. The number of hydrogen-bond donors (Lipinski definition) is 2. The molecule has 0 radical (unpaired) electrons. The molecule has 3 amide bonds. The molecule has 4 rings (SSSR count). The molecule has 2 atom stereocenters. The number of nitrogens with one attached hydrogen (secondary N) is 2. The van der Waals surface area contributed by atoms with E-state index in [2.05, 4.69) is 10.7 Å². The van der Waals surface area contributed by atoms with Gasteiger partial charge in [0.2, 0.25) is 11.8 Å². The first-order valence-corrected chi connectivity index (χ1v) is 10.5. The van der Waals surface area contributed by atoms with Crippen LogP contribution in [0.3, 0.4) is 0 Å². The van der Waals surface area contributed by atoms with Gasteiger partial charge in [0, 0.05) is 5.56 Å². The molecular formula is C24H25N3O4. The number of benzene rings is 2. The lowest BCUT2D eigenvalue weighted by atomic mass is 9.80. The van der Waals surface area contributed by atoms with Crippen LogP contribution < -0.4 is 20.5 Å². The van der Waals surface area contributed by atoms with Gasteiger partial charge in [-0.05, 0) is 49.6 Å². The number of anilines is 2. The van der Waals surface area contributed by atoms with Crippen molar-refractivity contribution in [3.05, 3.63) is 66.2 Å². The number of rotatable bonds is 6. The van der Waals surface area contributed by atoms with E-state index in [1.54, 1.807) is 36.4 Å². The zero-order valence-electron chi connectivity index (χ0n) is 17.3. The van der Waals surface area contributed by atoms with Crippen molar-refractivity contribution < 1.29 is 19.1 Å². The van der Waals surface area contributed by atoms with Crippen LogP contribution in [0, 0.1) is 11.8 Å². The number of carbonyl (C=O) groups is 3. The van der Waals surface area contributed by atoms with Crippen LogP contribution in [0.25, 0.3) is 0 Å². The van der Waals surface area contributed by atoms with E-state index in [1.807, 2.05) is 31.2 Å². The molecule has 7 nitrogen and oxygen atoms in total. The van der Waals surface area contributed by atoms with Crippen LogP contribution in [0.4, 0.5) is 11.4 Å². The first-order chi connectivity index (χ1) is 15.1. The molecular weight excluding hydrogens is 394 g/mol. The van der Waals surface area contributed by atoms with E-state index in [0.717, 1.165) is 6.42 Å². The average Bonchev–Trinajstić information content (AvgIpc) is 2.81. The van der Waals surface area contributed by atoms with Crippen molar-refractivity contribution in [3.63, 3.8) is 0 Å². The van der Waals surface area contributed by atoms with E-state index < -0.39 is 0 Å². The topological polar surface area (TPSA) is 87.7 Å². The number of fused-ring (bicyclic) bond motifs is 1. The summed E-state index contributed by atoms with van der Waals surface area (Å²) in [5.74, 6) is -0.776. The van der Waals surface area contributed by atoms with Gasteiger partial charge in [0.25, 0.3) is 5.91 Å². The summed E-state index contributed by atoms with van der Waals surface area (Å²) in [5, 5.41) is 4.13. The molecule has 2 aromatic carbocycles. The molecule has 1 saturated heterocycles. The van der Waals surface area contributed by atoms with Gasteiger partial charge in [-0.2, -0.15) is 0 Å². The molecule has 2 aromatic rings. The van der Waals surface area contributed by atoms with Crippen LogP contribution in [0.1, 0.15) is 36.5 Å². The molecule has 0 bridgehead atoms. The number of hydrogen-bond acceptors (Lipinski definition) is 4. The number of amides is 3. The minimum Gasteiger partial charge on any atom is -0.491 e. The highest BCUT2D eigenvalue weighted by atomic mass is 16.5. The van der Waals surface area contributed by atoms with Crippen molar-refractivity contribution in [2.45, 2.75) is 26.2 Å². The molecule has 0 aromatic heterocycles. The Kier molecular flexibility index (Phi) is 6.02. The van der Waals surface area contributed by atoms with Crippen molar-refractivity contribution in [2.24, 2.45) is 11.8 Å². The number of hydrazine groups is 1. The van der Waals surface area contributed by atoms with E-state index in [0.29, 0.717) is 42.1 Å². The third-order valence-electron chi connectivity index (χ3n) is 5.49. The maximum absolute atomic E-state index is 13.0. The van der Waals surface area contributed by atoms with Gasteiger partial charge in [-0.1, -0.05) is 37.3 Å². The Hall–Kier alpha value is -3.61. The highest BCUT2D eigenvalue weighted by Gasteiger charge is 2.42. The summed E-state index contributed by atoms with van der Waals surface area (Å²) in [4.78, 5) is 38.4. The largest absolute Gasteiger partial charge is 0.491 e. The Morgan fingerprint density at radius 2 is 1.87 bits per heavy atom. The van der Waals surface area contributed by atoms with Crippen LogP contribution in [-0.2, 0) is 9.59 Å². The molecule has 1 fully saturated rings. The van der Waals surface area contributed by atoms with E-state index in [1.165, 1.54) is 5.01 Å². The zero-order chi connectivity index (χ0) is 21.8. The number of para-hydroxylation sites is 2. The Bertz CT molecular complexity index is 1030. The normalized spacial score (nSPS) is 20.1. The Morgan fingerprint density at radius 1 is 1.10 bits per heavy atom. The first kappa shape index (κ1) is 20.7. The van der Waals surface area contributed by atoms with Gasteiger partial charge >= 0.3 is 0 Å². The van der Waals surface area contributed by atoms with E-state index in [4.69, 9.17) is 4.74 Å². The van der Waals surface area contributed by atoms with E-state index in [-0.39, 0.29) is 29.6 Å². The Labute approximate surface area is 181 Å². The van der Waals surface area contributed by atoms with Gasteiger partial charge in [-0.25, -0.2) is 5.01 Å². The van der Waals surface area contributed by atoms with Gasteiger partial charge in [0.1, 0.15) is 5.75 Å². The molecule has 0 spiro atoms. The molecule has 1 aliphatic carbocycles. The van der Waals surface area contributed by atoms with E-state index in [9.17, 15) is 14.4 Å². The summed E-state index contributed by atoms with van der Waals surface area (Å²) < 4.78 is 5.70. The second kappa shape index (κ2) is 9.04. The molecule has 2 aliphatic rings. The van der Waals surface area contributed by atoms with Crippen molar-refractivity contribution in [3.8, 4) is 5.75 Å². The lowest BCUT2D eigenvalue weighted by Gasteiger charge is -2.38. The summed E-state index contributed by atoms with van der Waals surface area (Å²) in [7, 11) is 0.